The van der Waals surface area contributed by atoms with E-state index in [1.807, 2.05) is 30.3 Å². The molecule has 1 aromatic heterocycles. The number of benzene rings is 3. The van der Waals surface area contributed by atoms with Crippen LogP contribution in [0.4, 0.5) is 6.01 Å². The number of aromatic nitrogens is 2. The van der Waals surface area contributed by atoms with E-state index in [4.69, 9.17) is 4.42 Å². The van der Waals surface area contributed by atoms with Crippen LogP contribution in [0.15, 0.2) is 93.1 Å². The van der Waals surface area contributed by atoms with Gasteiger partial charge in [-0.2, -0.15) is 4.31 Å². The fraction of sp³-hybridized carbons (Fsp3) is 0.222. The molecule has 3 aromatic carbocycles. The molecule has 10 nitrogen and oxygen atoms in total. The molecular formula is C27H28N4O6S2. The Kier molecular flexibility index (Phi) is 8.28. The van der Waals surface area contributed by atoms with Gasteiger partial charge in [-0.1, -0.05) is 42.4 Å². The third kappa shape index (κ3) is 6.24. The highest BCUT2D eigenvalue weighted by atomic mass is 32.2. The van der Waals surface area contributed by atoms with Gasteiger partial charge in [0.2, 0.25) is 15.9 Å². The Morgan fingerprint density at radius 1 is 0.872 bits per heavy atom. The first-order valence-corrected chi connectivity index (χ1v) is 15.1. The van der Waals surface area contributed by atoms with Crippen molar-refractivity contribution in [3.8, 4) is 11.5 Å². The summed E-state index contributed by atoms with van der Waals surface area (Å²) in [6.07, 6.45) is 0. The van der Waals surface area contributed by atoms with E-state index >= 15 is 0 Å². The zero-order chi connectivity index (χ0) is 28.2. The number of sulfonamides is 1. The standard InChI is InChI=1S/C27H28N4O6S2/c1-4-31(18-20-8-6-5-7-9-20)39(35,36)24-16-10-21(11-17-24)25(32)28-27-30-29-26(37-27)22-12-14-23(15-13-22)38(33,34)19(2)3/h5-17,19H,4,18H2,1-3H3,(H,28,30,32). The summed E-state index contributed by atoms with van der Waals surface area (Å²) in [6, 6.07) is 20.7. The molecule has 204 valence electrons. The minimum atomic E-state index is -3.77. The molecule has 0 spiro atoms. The molecule has 4 rings (SSSR count). The van der Waals surface area contributed by atoms with Gasteiger partial charge in [0.15, 0.2) is 9.84 Å². The third-order valence-electron chi connectivity index (χ3n) is 6.00. The van der Waals surface area contributed by atoms with Crippen LogP contribution in [0, 0.1) is 0 Å². The monoisotopic (exact) mass is 568 g/mol. The van der Waals surface area contributed by atoms with Crippen LogP contribution in [0.3, 0.4) is 0 Å². The molecule has 0 saturated carbocycles. The molecule has 0 aliphatic carbocycles. The number of nitrogens with zero attached hydrogens (tertiary/aromatic N) is 3. The topological polar surface area (TPSA) is 140 Å². The molecule has 0 aliphatic heterocycles. The normalized spacial score (nSPS) is 12.1. The molecule has 12 heteroatoms. The fourth-order valence-electron chi connectivity index (χ4n) is 3.70. The smallest absolute Gasteiger partial charge is 0.322 e. The predicted molar refractivity (Wildman–Crippen MR) is 146 cm³/mol. The van der Waals surface area contributed by atoms with Crippen molar-refractivity contribution in [3.63, 3.8) is 0 Å². The van der Waals surface area contributed by atoms with Crippen LogP contribution in [0.25, 0.3) is 11.5 Å². The summed E-state index contributed by atoms with van der Waals surface area (Å²) in [4.78, 5) is 13.0. The van der Waals surface area contributed by atoms with Gasteiger partial charge in [-0.05, 0) is 67.9 Å². The van der Waals surface area contributed by atoms with Gasteiger partial charge in [-0.15, -0.1) is 5.10 Å². The lowest BCUT2D eigenvalue weighted by Gasteiger charge is -2.20. The number of hydrogen-bond acceptors (Lipinski definition) is 8. The van der Waals surface area contributed by atoms with E-state index in [2.05, 4.69) is 15.5 Å². The second-order valence-electron chi connectivity index (χ2n) is 8.93. The first-order chi connectivity index (χ1) is 18.5. The minimum absolute atomic E-state index is 0.0693. The van der Waals surface area contributed by atoms with Gasteiger partial charge in [0, 0.05) is 24.2 Å². The third-order valence-corrected chi connectivity index (χ3v) is 10.1. The average molecular weight is 569 g/mol. The van der Waals surface area contributed by atoms with Crippen molar-refractivity contribution in [2.45, 2.75) is 42.4 Å². The Morgan fingerprint density at radius 2 is 1.49 bits per heavy atom. The van der Waals surface area contributed by atoms with Crippen LogP contribution >= 0.6 is 0 Å². The highest BCUT2D eigenvalue weighted by molar-refractivity contribution is 7.92. The molecule has 1 amide bonds. The molecule has 1 heterocycles. The Bertz CT molecular complexity index is 1650. The van der Waals surface area contributed by atoms with Crippen molar-refractivity contribution in [2.75, 3.05) is 11.9 Å². The van der Waals surface area contributed by atoms with Crippen molar-refractivity contribution in [1.29, 1.82) is 0 Å². The molecule has 39 heavy (non-hydrogen) atoms. The van der Waals surface area contributed by atoms with Gasteiger partial charge in [0.05, 0.1) is 15.0 Å². The highest BCUT2D eigenvalue weighted by Gasteiger charge is 2.24. The van der Waals surface area contributed by atoms with Crippen molar-refractivity contribution in [3.05, 3.63) is 90.0 Å². The molecule has 0 aliphatic rings. The number of rotatable bonds is 10. The quantitative estimate of drug-likeness (QED) is 0.297. The van der Waals surface area contributed by atoms with Gasteiger partial charge >= 0.3 is 6.01 Å². The molecule has 0 atom stereocenters. The van der Waals surface area contributed by atoms with Crippen molar-refractivity contribution in [1.82, 2.24) is 14.5 Å². The van der Waals surface area contributed by atoms with E-state index in [0.717, 1.165) is 5.56 Å². The fourth-order valence-corrected chi connectivity index (χ4v) is 6.20. The van der Waals surface area contributed by atoms with Crippen molar-refractivity contribution in [2.24, 2.45) is 0 Å². The molecule has 4 aromatic rings. The lowest BCUT2D eigenvalue weighted by molar-refractivity contribution is 0.102. The Morgan fingerprint density at radius 3 is 2.08 bits per heavy atom. The Balaban J connectivity index is 1.44. The maximum atomic E-state index is 13.1. The van der Waals surface area contributed by atoms with Crippen LogP contribution in [0.1, 0.15) is 36.7 Å². The zero-order valence-electron chi connectivity index (χ0n) is 21.6. The summed E-state index contributed by atoms with van der Waals surface area (Å²) >= 11 is 0. The highest BCUT2D eigenvalue weighted by Crippen LogP contribution is 2.24. The molecule has 0 radical (unpaired) electrons. The summed E-state index contributed by atoms with van der Waals surface area (Å²) in [6.45, 7) is 5.50. The summed E-state index contributed by atoms with van der Waals surface area (Å²) in [7, 11) is -7.19. The zero-order valence-corrected chi connectivity index (χ0v) is 23.2. The average Bonchev–Trinajstić information content (AvgIpc) is 3.40. The van der Waals surface area contributed by atoms with Gasteiger partial charge in [-0.3, -0.25) is 10.1 Å². The largest absolute Gasteiger partial charge is 0.403 e. The number of hydrogen-bond donors (Lipinski definition) is 1. The lowest BCUT2D eigenvalue weighted by atomic mass is 10.2. The number of carbonyl (C=O) groups excluding carboxylic acids is 1. The molecule has 0 unspecified atom stereocenters. The van der Waals surface area contributed by atoms with Gasteiger partial charge < -0.3 is 4.42 Å². The van der Waals surface area contributed by atoms with Crippen LogP contribution in [0.5, 0.6) is 0 Å². The molecule has 0 saturated heterocycles. The van der Waals surface area contributed by atoms with E-state index in [-0.39, 0.29) is 40.3 Å². The molecule has 0 bridgehead atoms. The lowest BCUT2D eigenvalue weighted by Crippen LogP contribution is -2.30. The van der Waals surface area contributed by atoms with Crippen LogP contribution in [-0.2, 0) is 26.4 Å². The van der Waals surface area contributed by atoms with Crippen LogP contribution in [0.2, 0.25) is 0 Å². The summed E-state index contributed by atoms with van der Waals surface area (Å²) < 4.78 is 57.8. The second kappa shape index (κ2) is 11.5. The number of nitrogens with one attached hydrogen (secondary N) is 1. The maximum Gasteiger partial charge on any atom is 0.322 e. The summed E-state index contributed by atoms with van der Waals surface area (Å²) in [5.41, 5.74) is 1.55. The summed E-state index contributed by atoms with van der Waals surface area (Å²) in [5.74, 6) is -0.470. The molecular weight excluding hydrogens is 540 g/mol. The minimum Gasteiger partial charge on any atom is -0.403 e. The Labute approximate surface area is 227 Å². The number of amides is 1. The molecule has 1 N–H and O–H groups in total. The van der Waals surface area contributed by atoms with Gasteiger partial charge in [0.25, 0.3) is 5.91 Å². The van der Waals surface area contributed by atoms with Gasteiger partial charge in [-0.25, -0.2) is 16.8 Å². The molecule has 0 fully saturated rings. The van der Waals surface area contributed by atoms with Crippen LogP contribution in [-0.4, -0.2) is 49.0 Å². The van der Waals surface area contributed by atoms with E-state index in [1.165, 1.54) is 40.7 Å². The van der Waals surface area contributed by atoms with E-state index in [9.17, 15) is 21.6 Å². The van der Waals surface area contributed by atoms with E-state index in [0.29, 0.717) is 5.56 Å². The van der Waals surface area contributed by atoms with Gasteiger partial charge in [0.1, 0.15) is 0 Å². The number of sulfone groups is 1. The van der Waals surface area contributed by atoms with Crippen molar-refractivity contribution >= 4 is 31.8 Å². The second-order valence-corrected chi connectivity index (χ2v) is 13.4. The van der Waals surface area contributed by atoms with E-state index in [1.54, 1.807) is 32.9 Å². The number of anilines is 1. The SMILES string of the molecule is CCN(Cc1ccccc1)S(=O)(=O)c1ccc(C(=O)Nc2nnc(-c3ccc(S(=O)(=O)C(C)C)cc3)o2)cc1. The van der Waals surface area contributed by atoms with E-state index < -0.39 is 31.0 Å². The predicted octanol–water partition coefficient (Wildman–Crippen LogP) is 4.38. The maximum absolute atomic E-state index is 13.1. The first-order valence-electron chi connectivity index (χ1n) is 12.2. The van der Waals surface area contributed by atoms with Crippen LogP contribution < -0.4 is 5.32 Å². The number of carbonyl (C=O) groups is 1. The first kappa shape index (κ1) is 28.1. The Hall–Kier alpha value is -3.87. The van der Waals surface area contributed by atoms with Crippen molar-refractivity contribution < 1.29 is 26.0 Å². The summed E-state index contributed by atoms with van der Waals surface area (Å²) in [5, 5.41) is 9.66.